The number of aliphatic hydroxyl groups is 2. The molecule has 4 heteroatoms. The molecule has 0 bridgehead atoms. The average molecular weight is 776 g/mol. The zero-order valence-corrected chi connectivity index (χ0v) is 37.7. The van der Waals surface area contributed by atoms with E-state index in [0.29, 0.717) is 6.42 Å². The maximum Gasteiger partial charge on any atom is 0.220 e. The fourth-order valence-electron chi connectivity index (χ4n) is 8.12. The standard InChI is InChI=1S/C51H101NO3/c1-3-5-7-9-11-13-15-17-18-19-20-21-22-23-24-25-26-27-28-29-30-31-32-33-34-35-37-39-41-43-45-47-51(55)52-49(48-53)50(54)46-44-42-40-38-36-16-14-12-10-8-6-4-2/h44,46,49-50,53-54H,3-43,45,47-48H2,1-2H3,(H,52,55)/b46-44+. The molecule has 1 amide bonds. The van der Waals surface area contributed by atoms with Crippen molar-refractivity contribution in [2.24, 2.45) is 0 Å². The zero-order chi connectivity index (χ0) is 40.0. The van der Waals surface area contributed by atoms with Gasteiger partial charge in [0, 0.05) is 6.42 Å². The van der Waals surface area contributed by atoms with Crippen LogP contribution in [0.2, 0.25) is 0 Å². The molecule has 0 saturated carbocycles. The van der Waals surface area contributed by atoms with E-state index >= 15 is 0 Å². The molecule has 0 fully saturated rings. The molecule has 55 heavy (non-hydrogen) atoms. The smallest absolute Gasteiger partial charge is 0.220 e. The highest BCUT2D eigenvalue weighted by molar-refractivity contribution is 5.76. The van der Waals surface area contributed by atoms with Crippen molar-refractivity contribution >= 4 is 5.91 Å². The number of aliphatic hydroxyl groups excluding tert-OH is 2. The van der Waals surface area contributed by atoms with Crippen LogP contribution in [-0.4, -0.2) is 34.9 Å². The quantitative estimate of drug-likeness (QED) is 0.0426. The number of rotatable bonds is 47. The summed E-state index contributed by atoms with van der Waals surface area (Å²) < 4.78 is 0. The molecular formula is C51H101NO3. The van der Waals surface area contributed by atoms with Gasteiger partial charge in [0.25, 0.3) is 0 Å². The van der Waals surface area contributed by atoms with Crippen LogP contribution in [0.25, 0.3) is 0 Å². The van der Waals surface area contributed by atoms with Crippen LogP contribution in [0, 0.1) is 0 Å². The van der Waals surface area contributed by atoms with Crippen molar-refractivity contribution in [1.29, 1.82) is 0 Å². The first-order valence-electron chi connectivity index (χ1n) is 25.4. The molecule has 0 aliphatic heterocycles. The van der Waals surface area contributed by atoms with Crippen LogP contribution in [0.4, 0.5) is 0 Å². The van der Waals surface area contributed by atoms with Crippen LogP contribution in [0.15, 0.2) is 12.2 Å². The SMILES string of the molecule is CCCCCCCCCCCC/C=C/C(O)C(CO)NC(=O)CCCCCCCCCCCCCCCCCCCCCCCCCCCCCCCCC. The third-order valence-corrected chi connectivity index (χ3v) is 12.0. The number of hydrogen-bond donors (Lipinski definition) is 3. The van der Waals surface area contributed by atoms with Gasteiger partial charge >= 0.3 is 0 Å². The molecule has 0 aromatic rings. The number of hydrogen-bond acceptors (Lipinski definition) is 3. The lowest BCUT2D eigenvalue weighted by Crippen LogP contribution is -2.45. The first-order chi connectivity index (χ1) is 27.2. The van der Waals surface area contributed by atoms with Gasteiger partial charge in [0.2, 0.25) is 5.91 Å². The number of unbranched alkanes of at least 4 members (excludes halogenated alkanes) is 40. The molecule has 0 radical (unpaired) electrons. The molecule has 3 N–H and O–H groups in total. The van der Waals surface area contributed by atoms with Crippen molar-refractivity contribution in [2.75, 3.05) is 6.61 Å². The minimum atomic E-state index is -0.833. The van der Waals surface area contributed by atoms with E-state index in [1.165, 1.54) is 244 Å². The second-order valence-corrected chi connectivity index (χ2v) is 17.6. The largest absolute Gasteiger partial charge is 0.394 e. The number of allylic oxidation sites excluding steroid dienone is 1. The molecule has 2 atom stereocenters. The Hall–Kier alpha value is -0.870. The highest BCUT2D eigenvalue weighted by Gasteiger charge is 2.18. The Balaban J connectivity index is 3.38. The van der Waals surface area contributed by atoms with E-state index in [1.807, 2.05) is 6.08 Å². The fraction of sp³-hybridized carbons (Fsp3) is 0.941. The number of nitrogens with one attached hydrogen (secondary N) is 1. The fourth-order valence-corrected chi connectivity index (χ4v) is 8.12. The summed E-state index contributed by atoms with van der Waals surface area (Å²) >= 11 is 0. The Morgan fingerprint density at radius 2 is 0.673 bits per heavy atom. The van der Waals surface area contributed by atoms with E-state index in [2.05, 4.69) is 19.2 Å². The summed E-state index contributed by atoms with van der Waals surface area (Å²) in [4.78, 5) is 12.4. The lowest BCUT2D eigenvalue weighted by Gasteiger charge is -2.20. The van der Waals surface area contributed by atoms with Gasteiger partial charge in [-0.3, -0.25) is 4.79 Å². The first-order valence-corrected chi connectivity index (χ1v) is 25.4. The van der Waals surface area contributed by atoms with E-state index in [1.54, 1.807) is 6.08 Å². The Morgan fingerprint density at radius 3 is 0.945 bits per heavy atom. The van der Waals surface area contributed by atoms with E-state index in [0.717, 1.165) is 25.7 Å². The third kappa shape index (κ3) is 44.1. The summed E-state index contributed by atoms with van der Waals surface area (Å²) in [7, 11) is 0. The van der Waals surface area contributed by atoms with Gasteiger partial charge in [0.15, 0.2) is 0 Å². The summed E-state index contributed by atoms with van der Waals surface area (Å²) in [5.74, 6) is -0.0587. The minimum Gasteiger partial charge on any atom is -0.394 e. The van der Waals surface area contributed by atoms with Crippen molar-refractivity contribution in [2.45, 2.75) is 302 Å². The first kappa shape index (κ1) is 54.1. The maximum atomic E-state index is 12.4. The molecule has 328 valence electrons. The summed E-state index contributed by atoms with van der Waals surface area (Å²) in [5.41, 5.74) is 0. The van der Waals surface area contributed by atoms with Crippen LogP contribution in [0.5, 0.6) is 0 Å². The summed E-state index contributed by atoms with van der Waals surface area (Å²) in [6.07, 6.45) is 60.8. The van der Waals surface area contributed by atoms with Gasteiger partial charge < -0.3 is 15.5 Å². The number of carbonyl (C=O) groups is 1. The summed E-state index contributed by atoms with van der Waals surface area (Å²) in [5, 5.41) is 23.0. The van der Waals surface area contributed by atoms with Crippen molar-refractivity contribution in [1.82, 2.24) is 5.32 Å². The van der Waals surface area contributed by atoms with Gasteiger partial charge in [-0.15, -0.1) is 0 Å². The molecule has 0 aromatic heterocycles. The minimum absolute atomic E-state index is 0.0587. The lowest BCUT2D eigenvalue weighted by atomic mass is 10.0. The second kappa shape index (κ2) is 47.5. The lowest BCUT2D eigenvalue weighted by molar-refractivity contribution is -0.123. The molecule has 0 rings (SSSR count). The third-order valence-electron chi connectivity index (χ3n) is 12.0. The van der Waals surface area contributed by atoms with Crippen LogP contribution in [-0.2, 0) is 4.79 Å². The van der Waals surface area contributed by atoms with Crippen molar-refractivity contribution < 1.29 is 15.0 Å². The van der Waals surface area contributed by atoms with Crippen molar-refractivity contribution in [3.63, 3.8) is 0 Å². The topological polar surface area (TPSA) is 69.6 Å². The monoisotopic (exact) mass is 776 g/mol. The van der Waals surface area contributed by atoms with E-state index in [4.69, 9.17) is 0 Å². The van der Waals surface area contributed by atoms with Gasteiger partial charge in [-0.2, -0.15) is 0 Å². The average Bonchev–Trinajstić information content (AvgIpc) is 3.19. The zero-order valence-electron chi connectivity index (χ0n) is 37.7. The van der Waals surface area contributed by atoms with Crippen LogP contribution in [0.1, 0.15) is 290 Å². The van der Waals surface area contributed by atoms with Crippen LogP contribution >= 0.6 is 0 Å². The Bertz CT molecular complexity index is 754. The van der Waals surface area contributed by atoms with Crippen LogP contribution in [0.3, 0.4) is 0 Å². The Kier molecular flexibility index (Phi) is 46.8. The predicted molar refractivity (Wildman–Crippen MR) is 244 cm³/mol. The Morgan fingerprint density at radius 1 is 0.418 bits per heavy atom. The highest BCUT2D eigenvalue weighted by Crippen LogP contribution is 2.17. The molecule has 0 saturated heterocycles. The van der Waals surface area contributed by atoms with E-state index < -0.39 is 12.1 Å². The molecule has 0 heterocycles. The van der Waals surface area contributed by atoms with Gasteiger partial charge in [-0.25, -0.2) is 0 Å². The normalized spacial score (nSPS) is 12.9. The molecule has 0 spiro atoms. The maximum absolute atomic E-state index is 12.4. The van der Waals surface area contributed by atoms with Gasteiger partial charge in [0.05, 0.1) is 18.8 Å². The molecule has 4 nitrogen and oxygen atoms in total. The van der Waals surface area contributed by atoms with Gasteiger partial charge in [-0.05, 0) is 19.3 Å². The van der Waals surface area contributed by atoms with Gasteiger partial charge in [-0.1, -0.05) is 276 Å². The van der Waals surface area contributed by atoms with Gasteiger partial charge in [0.1, 0.15) is 0 Å². The number of carbonyl (C=O) groups excluding carboxylic acids is 1. The molecule has 0 aromatic carbocycles. The summed E-state index contributed by atoms with van der Waals surface area (Å²) in [6.45, 7) is 4.33. The van der Waals surface area contributed by atoms with E-state index in [9.17, 15) is 15.0 Å². The predicted octanol–water partition coefficient (Wildman–Crippen LogP) is 16.2. The summed E-state index contributed by atoms with van der Waals surface area (Å²) in [6, 6.07) is -0.616. The van der Waals surface area contributed by atoms with E-state index in [-0.39, 0.29) is 12.5 Å². The Labute approximate surface area is 346 Å². The highest BCUT2D eigenvalue weighted by atomic mass is 16.3. The molecule has 0 aliphatic rings. The molecular weight excluding hydrogens is 675 g/mol. The molecule has 2 unspecified atom stereocenters. The van der Waals surface area contributed by atoms with Crippen molar-refractivity contribution in [3.05, 3.63) is 12.2 Å². The second-order valence-electron chi connectivity index (χ2n) is 17.6. The number of amides is 1. The van der Waals surface area contributed by atoms with Crippen LogP contribution < -0.4 is 5.32 Å². The van der Waals surface area contributed by atoms with Crippen molar-refractivity contribution in [3.8, 4) is 0 Å². The molecule has 0 aliphatic carbocycles.